The molecule has 5 heteroatoms. The van der Waals surface area contributed by atoms with Crippen molar-refractivity contribution in [1.29, 1.82) is 0 Å². The molecule has 0 spiro atoms. The zero-order chi connectivity index (χ0) is 15.7. The minimum absolute atomic E-state index is 0.526. The molecule has 118 valence electrons. The van der Waals surface area contributed by atoms with Crippen molar-refractivity contribution < 1.29 is 0 Å². The lowest BCUT2D eigenvalue weighted by molar-refractivity contribution is 0.322. The van der Waals surface area contributed by atoms with Crippen LogP contribution in [-0.2, 0) is 6.54 Å². The largest absolute Gasteiger partial charge is 0.378 e. The van der Waals surface area contributed by atoms with Crippen molar-refractivity contribution >= 4 is 5.69 Å². The fraction of sp³-hybridized carbons (Fsp3) is 0.529. The molecule has 0 saturated carbocycles. The minimum Gasteiger partial charge on any atom is -0.378 e. The van der Waals surface area contributed by atoms with Gasteiger partial charge in [0.1, 0.15) is 0 Å². The molecule has 0 aromatic carbocycles. The third-order valence-electron chi connectivity index (χ3n) is 4.47. The standard InChI is InChI=1S/C17H25N5/c1-12-7-15(21(3)4)8-16(20-12)14-5-6-22(9-14)10-17-13(2)18-11-19-17/h7-8,11,14H,5-6,9-10H2,1-4H3,(H,18,19)/t14-/m0/s1. The van der Waals surface area contributed by atoms with Gasteiger partial charge >= 0.3 is 0 Å². The van der Waals surface area contributed by atoms with Crippen LogP contribution >= 0.6 is 0 Å². The van der Waals surface area contributed by atoms with Gasteiger partial charge in [-0.15, -0.1) is 0 Å². The van der Waals surface area contributed by atoms with Gasteiger partial charge in [-0.2, -0.15) is 0 Å². The number of hydrogen-bond acceptors (Lipinski definition) is 4. The summed E-state index contributed by atoms with van der Waals surface area (Å²) in [4.78, 5) is 17.0. The number of H-pyrrole nitrogens is 1. The first-order chi connectivity index (χ1) is 10.5. The van der Waals surface area contributed by atoms with E-state index < -0.39 is 0 Å². The molecule has 1 aliphatic rings. The molecule has 3 heterocycles. The number of rotatable bonds is 4. The predicted molar refractivity (Wildman–Crippen MR) is 89.3 cm³/mol. The fourth-order valence-electron chi connectivity index (χ4n) is 3.12. The van der Waals surface area contributed by atoms with E-state index in [2.05, 4.69) is 59.8 Å². The van der Waals surface area contributed by atoms with Crippen LogP contribution in [0.4, 0.5) is 5.69 Å². The van der Waals surface area contributed by atoms with Gasteiger partial charge in [0.05, 0.1) is 12.0 Å². The van der Waals surface area contributed by atoms with Crippen molar-refractivity contribution in [3.05, 3.63) is 41.2 Å². The van der Waals surface area contributed by atoms with Gasteiger partial charge in [0.25, 0.3) is 0 Å². The maximum Gasteiger partial charge on any atom is 0.0925 e. The molecule has 2 aromatic rings. The second-order valence-corrected chi connectivity index (χ2v) is 6.48. The van der Waals surface area contributed by atoms with E-state index >= 15 is 0 Å². The number of aromatic amines is 1. The lowest BCUT2D eigenvalue weighted by Gasteiger charge is -2.18. The van der Waals surface area contributed by atoms with Crippen LogP contribution in [0.5, 0.6) is 0 Å². The van der Waals surface area contributed by atoms with E-state index in [4.69, 9.17) is 4.98 Å². The van der Waals surface area contributed by atoms with Gasteiger partial charge < -0.3 is 9.88 Å². The minimum atomic E-state index is 0.526. The van der Waals surface area contributed by atoms with Crippen LogP contribution in [-0.4, -0.2) is 47.0 Å². The number of nitrogens with zero attached hydrogens (tertiary/aromatic N) is 4. The topological polar surface area (TPSA) is 48.0 Å². The lowest BCUT2D eigenvalue weighted by atomic mass is 10.0. The Hall–Kier alpha value is -1.88. The highest BCUT2D eigenvalue weighted by Crippen LogP contribution is 2.29. The molecule has 3 rings (SSSR count). The first kappa shape index (κ1) is 15.0. The molecule has 22 heavy (non-hydrogen) atoms. The Morgan fingerprint density at radius 3 is 2.82 bits per heavy atom. The molecule has 2 aromatic heterocycles. The van der Waals surface area contributed by atoms with E-state index in [1.807, 2.05) is 0 Å². The average Bonchev–Trinajstić information content (AvgIpc) is 3.09. The van der Waals surface area contributed by atoms with Crippen molar-refractivity contribution in [3.8, 4) is 0 Å². The number of imidazole rings is 1. The van der Waals surface area contributed by atoms with Crippen LogP contribution in [0, 0.1) is 13.8 Å². The second kappa shape index (κ2) is 6.08. The molecule has 0 unspecified atom stereocenters. The first-order valence-corrected chi connectivity index (χ1v) is 7.90. The van der Waals surface area contributed by atoms with Crippen molar-refractivity contribution in [2.24, 2.45) is 0 Å². The zero-order valence-corrected chi connectivity index (χ0v) is 13.9. The van der Waals surface area contributed by atoms with E-state index in [1.165, 1.54) is 23.5 Å². The summed E-state index contributed by atoms with van der Waals surface area (Å²) in [6, 6.07) is 4.38. The molecule has 1 N–H and O–H groups in total. The van der Waals surface area contributed by atoms with Crippen LogP contribution in [0.15, 0.2) is 18.5 Å². The van der Waals surface area contributed by atoms with Crippen molar-refractivity contribution in [2.75, 3.05) is 32.1 Å². The summed E-state index contributed by atoms with van der Waals surface area (Å²) in [5.41, 5.74) is 5.90. The van der Waals surface area contributed by atoms with E-state index in [1.54, 1.807) is 6.33 Å². The summed E-state index contributed by atoms with van der Waals surface area (Å²) >= 11 is 0. The van der Waals surface area contributed by atoms with Gasteiger partial charge in [-0.25, -0.2) is 4.98 Å². The monoisotopic (exact) mass is 299 g/mol. The maximum absolute atomic E-state index is 4.77. The van der Waals surface area contributed by atoms with Crippen LogP contribution in [0.1, 0.15) is 35.1 Å². The van der Waals surface area contributed by atoms with Gasteiger partial charge in [-0.3, -0.25) is 9.88 Å². The molecular weight excluding hydrogens is 274 g/mol. The molecule has 0 radical (unpaired) electrons. The first-order valence-electron chi connectivity index (χ1n) is 7.90. The Morgan fingerprint density at radius 2 is 2.14 bits per heavy atom. The Kier molecular flexibility index (Phi) is 4.16. The normalized spacial score (nSPS) is 18.8. The van der Waals surface area contributed by atoms with Crippen molar-refractivity contribution in [1.82, 2.24) is 19.9 Å². The molecule has 0 aliphatic carbocycles. The molecule has 5 nitrogen and oxygen atoms in total. The van der Waals surface area contributed by atoms with E-state index in [-0.39, 0.29) is 0 Å². The Morgan fingerprint density at radius 1 is 1.32 bits per heavy atom. The second-order valence-electron chi connectivity index (χ2n) is 6.48. The summed E-state index contributed by atoms with van der Waals surface area (Å²) in [5, 5.41) is 0. The summed E-state index contributed by atoms with van der Waals surface area (Å²) in [6.45, 7) is 7.27. The maximum atomic E-state index is 4.77. The van der Waals surface area contributed by atoms with Crippen LogP contribution in [0.2, 0.25) is 0 Å². The van der Waals surface area contributed by atoms with E-state index in [0.717, 1.165) is 31.0 Å². The van der Waals surface area contributed by atoms with Crippen LogP contribution in [0.3, 0.4) is 0 Å². The molecule has 1 fully saturated rings. The molecule has 1 saturated heterocycles. The highest BCUT2D eigenvalue weighted by Gasteiger charge is 2.26. The van der Waals surface area contributed by atoms with Crippen LogP contribution in [0.25, 0.3) is 0 Å². The number of anilines is 1. The highest BCUT2D eigenvalue weighted by atomic mass is 15.2. The number of nitrogens with one attached hydrogen (secondary N) is 1. The Labute approximate surface area is 132 Å². The third-order valence-corrected chi connectivity index (χ3v) is 4.47. The summed E-state index contributed by atoms with van der Waals surface area (Å²) in [7, 11) is 4.17. The molecular formula is C17H25N5. The van der Waals surface area contributed by atoms with Gasteiger partial charge in [0.15, 0.2) is 0 Å². The van der Waals surface area contributed by atoms with Gasteiger partial charge in [0, 0.05) is 55.9 Å². The van der Waals surface area contributed by atoms with Gasteiger partial charge in [-0.1, -0.05) is 0 Å². The molecule has 0 bridgehead atoms. The zero-order valence-electron chi connectivity index (χ0n) is 13.9. The number of pyridine rings is 1. The van der Waals surface area contributed by atoms with E-state index in [9.17, 15) is 0 Å². The van der Waals surface area contributed by atoms with Crippen molar-refractivity contribution in [2.45, 2.75) is 32.7 Å². The van der Waals surface area contributed by atoms with Crippen LogP contribution < -0.4 is 4.90 Å². The van der Waals surface area contributed by atoms with Crippen molar-refractivity contribution in [3.63, 3.8) is 0 Å². The van der Waals surface area contributed by atoms with Gasteiger partial charge in [-0.05, 0) is 38.9 Å². The highest BCUT2D eigenvalue weighted by molar-refractivity contribution is 5.47. The number of aromatic nitrogens is 3. The lowest BCUT2D eigenvalue weighted by Crippen LogP contribution is -2.21. The molecule has 1 aliphatic heterocycles. The average molecular weight is 299 g/mol. The number of hydrogen-bond donors (Lipinski definition) is 1. The Bertz CT molecular complexity index is 646. The predicted octanol–water partition coefficient (Wildman–Crippen LogP) is 2.48. The fourth-order valence-corrected chi connectivity index (χ4v) is 3.12. The quantitative estimate of drug-likeness (QED) is 0.942. The molecule has 1 atom stereocenters. The molecule has 0 amide bonds. The number of aryl methyl sites for hydroxylation is 2. The van der Waals surface area contributed by atoms with E-state index in [0.29, 0.717) is 5.92 Å². The summed E-state index contributed by atoms with van der Waals surface area (Å²) < 4.78 is 0. The third kappa shape index (κ3) is 3.14. The number of likely N-dealkylation sites (tertiary alicyclic amines) is 1. The summed E-state index contributed by atoms with van der Waals surface area (Å²) in [5.74, 6) is 0.526. The summed E-state index contributed by atoms with van der Waals surface area (Å²) in [6.07, 6.45) is 2.95. The Balaban J connectivity index is 1.71. The SMILES string of the molecule is Cc1cc(N(C)C)cc([C@H]2CCN(Cc3nc[nH]c3C)C2)n1. The smallest absolute Gasteiger partial charge is 0.0925 e. The van der Waals surface area contributed by atoms with Gasteiger partial charge in [0.2, 0.25) is 0 Å².